The fourth-order valence-electron chi connectivity index (χ4n) is 1.95. The Morgan fingerprint density at radius 3 is 2.71 bits per heavy atom. The number of rotatable bonds is 5. The molecular formula is C14H17BrN2O2S2. The highest BCUT2D eigenvalue weighted by Gasteiger charge is 2.24. The molecule has 4 nitrogen and oxygen atoms in total. The van der Waals surface area contributed by atoms with Crippen LogP contribution in [0, 0.1) is 6.92 Å². The molecule has 0 aliphatic carbocycles. The van der Waals surface area contributed by atoms with Crippen LogP contribution in [-0.2, 0) is 16.4 Å². The first-order valence-electron chi connectivity index (χ1n) is 6.36. The number of nitrogens with two attached hydrogens (primary N) is 1. The van der Waals surface area contributed by atoms with Gasteiger partial charge in [-0.15, -0.1) is 11.3 Å². The van der Waals surface area contributed by atoms with E-state index in [-0.39, 0.29) is 4.90 Å². The van der Waals surface area contributed by atoms with Crippen LogP contribution in [0.5, 0.6) is 0 Å². The van der Waals surface area contributed by atoms with Crippen LogP contribution in [0.4, 0.5) is 5.69 Å². The molecule has 0 radical (unpaired) electrons. The van der Waals surface area contributed by atoms with E-state index in [1.54, 1.807) is 37.4 Å². The molecule has 7 heteroatoms. The topological polar surface area (TPSA) is 63.4 Å². The number of benzene rings is 1. The van der Waals surface area contributed by atoms with Gasteiger partial charge in [-0.2, -0.15) is 0 Å². The van der Waals surface area contributed by atoms with Gasteiger partial charge in [0, 0.05) is 28.6 Å². The molecule has 114 valence electrons. The molecule has 0 atom stereocenters. The molecule has 2 N–H and O–H groups in total. The third-order valence-electron chi connectivity index (χ3n) is 3.31. The summed E-state index contributed by atoms with van der Waals surface area (Å²) in [5.41, 5.74) is 6.91. The van der Waals surface area contributed by atoms with Crippen molar-refractivity contribution >= 4 is 43.0 Å². The zero-order chi connectivity index (χ0) is 15.6. The predicted octanol–water partition coefficient (Wildman–Crippen LogP) is 3.26. The highest BCUT2D eigenvalue weighted by atomic mass is 79.9. The van der Waals surface area contributed by atoms with Crippen molar-refractivity contribution in [3.63, 3.8) is 0 Å². The fourth-order valence-corrected chi connectivity index (χ4v) is 4.73. The van der Waals surface area contributed by atoms with Crippen LogP contribution < -0.4 is 5.73 Å². The van der Waals surface area contributed by atoms with Gasteiger partial charge in [0.25, 0.3) is 0 Å². The van der Waals surface area contributed by atoms with E-state index < -0.39 is 10.0 Å². The maximum absolute atomic E-state index is 12.7. The Balaban J connectivity index is 2.25. The molecule has 1 heterocycles. The number of anilines is 1. The van der Waals surface area contributed by atoms with Crippen LogP contribution in [0.1, 0.15) is 10.4 Å². The average molecular weight is 389 g/mol. The van der Waals surface area contributed by atoms with Crippen molar-refractivity contribution < 1.29 is 8.42 Å². The van der Waals surface area contributed by atoms with E-state index in [0.717, 1.165) is 0 Å². The van der Waals surface area contributed by atoms with Crippen LogP contribution in [0.25, 0.3) is 0 Å². The van der Waals surface area contributed by atoms with E-state index in [1.807, 2.05) is 17.5 Å². The second-order valence-corrected chi connectivity index (χ2v) is 8.74. The van der Waals surface area contributed by atoms with Crippen molar-refractivity contribution in [3.05, 3.63) is 44.6 Å². The van der Waals surface area contributed by atoms with Crippen LogP contribution in [0.15, 0.2) is 39.0 Å². The van der Waals surface area contributed by atoms with Gasteiger partial charge in [0.2, 0.25) is 10.0 Å². The molecule has 21 heavy (non-hydrogen) atoms. The smallest absolute Gasteiger partial charge is 0.243 e. The second kappa shape index (κ2) is 6.48. The number of sulfonamides is 1. The molecule has 0 aliphatic heterocycles. The van der Waals surface area contributed by atoms with Gasteiger partial charge in [0.15, 0.2) is 0 Å². The van der Waals surface area contributed by atoms with Gasteiger partial charge in [0.05, 0.1) is 4.90 Å². The van der Waals surface area contributed by atoms with Crippen LogP contribution in [-0.4, -0.2) is 26.3 Å². The lowest BCUT2D eigenvalue weighted by Gasteiger charge is -2.19. The normalized spacial score (nSPS) is 12.0. The van der Waals surface area contributed by atoms with E-state index >= 15 is 0 Å². The second-order valence-electron chi connectivity index (χ2n) is 4.77. The summed E-state index contributed by atoms with van der Waals surface area (Å²) in [6, 6.07) is 7.28. The number of likely N-dealkylation sites (N-methyl/N-ethyl adjacent to an activating group) is 1. The zero-order valence-electron chi connectivity index (χ0n) is 11.8. The fraction of sp³-hybridized carbons (Fsp3) is 0.286. The first-order valence-corrected chi connectivity index (χ1v) is 9.48. The first kappa shape index (κ1) is 16.5. The number of halogens is 1. The van der Waals surface area contributed by atoms with Crippen molar-refractivity contribution in [2.45, 2.75) is 18.2 Å². The SMILES string of the molecule is Cc1c(N)cc(Br)cc1S(=O)(=O)N(C)CCc1cccs1. The molecular weight excluding hydrogens is 372 g/mol. The van der Waals surface area contributed by atoms with Crippen molar-refractivity contribution in [1.29, 1.82) is 0 Å². The lowest BCUT2D eigenvalue weighted by atomic mass is 10.2. The predicted molar refractivity (Wildman–Crippen MR) is 91.1 cm³/mol. The minimum absolute atomic E-state index is 0.253. The molecule has 0 spiro atoms. The molecule has 0 bridgehead atoms. The average Bonchev–Trinajstić information content (AvgIpc) is 2.93. The van der Waals surface area contributed by atoms with Crippen molar-refractivity contribution in [3.8, 4) is 0 Å². The number of hydrogen-bond donors (Lipinski definition) is 1. The Morgan fingerprint density at radius 1 is 1.38 bits per heavy atom. The van der Waals surface area contributed by atoms with Gasteiger partial charge >= 0.3 is 0 Å². The molecule has 2 aromatic rings. The number of thiophene rings is 1. The molecule has 2 rings (SSSR count). The Bertz CT molecular complexity index is 728. The zero-order valence-corrected chi connectivity index (χ0v) is 15.1. The third-order valence-corrected chi connectivity index (χ3v) is 6.68. The molecule has 1 aromatic carbocycles. The lowest BCUT2D eigenvalue weighted by molar-refractivity contribution is 0.473. The standard InChI is InChI=1S/C14H17BrN2O2S2/c1-10-13(16)8-11(15)9-14(10)21(18,19)17(2)6-5-12-4-3-7-20-12/h3-4,7-9H,5-6,16H2,1-2H3. The Labute approximate surface area is 137 Å². The summed E-state index contributed by atoms with van der Waals surface area (Å²) in [7, 11) is -1.94. The van der Waals surface area contributed by atoms with E-state index in [2.05, 4.69) is 15.9 Å². The van der Waals surface area contributed by atoms with Crippen LogP contribution in [0.3, 0.4) is 0 Å². The molecule has 1 aromatic heterocycles. The Morgan fingerprint density at radius 2 is 2.10 bits per heavy atom. The molecule has 0 aliphatic rings. The summed E-state index contributed by atoms with van der Waals surface area (Å²) in [5, 5.41) is 1.99. The first-order chi connectivity index (χ1) is 9.82. The van der Waals surface area contributed by atoms with Gasteiger partial charge < -0.3 is 5.73 Å². The monoisotopic (exact) mass is 388 g/mol. The summed E-state index contributed by atoms with van der Waals surface area (Å²) in [4.78, 5) is 1.42. The van der Waals surface area contributed by atoms with Crippen molar-refractivity contribution in [2.24, 2.45) is 0 Å². The molecule has 0 unspecified atom stereocenters. The van der Waals surface area contributed by atoms with Crippen molar-refractivity contribution in [1.82, 2.24) is 4.31 Å². The van der Waals surface area contributed by atoms with Gasteiger partial charge in [-0.1, -0.05) is 22.0 Å². The lowest BCUT2D eigenvalue weighted by Crippen LogP contribution is -2.29. The maximum atomic E-state index is 12.7. The minimum Gasteiger partial charge on any atom is -0.398 e. The molecule has 0 saturated carbocycles. The highest BCUT2D eigenvalue weighted by Crippen LogP contribution is 2.28. The van der Waals surface area contributed by atoms with Gasteiger partial charge in [-0.3, -0.25) is 0 Å². The van der Waals surface area contributed by atoms with Gasteiger partial charge in [0.1, 0.15) is 0 Å². The summed E-state index contributed by atoms with van der Waals surface area (Å²) in [6.45, 7) is 2.16. The van der Waals surface area contributed by atoms with Crippen LogP contribution >= 0.6 is 27.3 Å². The van der Waals surface area contributed by atoms with E-state index in [1.165, 1.54) is 9.18 Å². The maximum Gasteiger partial charge on any atom is 0.243 e. The Kier molecular flexibility index (Phi) is 5.08. The van der Waals surface area contributed by atoms with Gasteiger partial charge in [-0.25, -0.2) is 12.7 Å². The molecule has 0 saturated heterocycles. The largest absolute Gasteiger partial charge is 0.398 e. The summed E-state index contributed by atoms with van der Waals surface area (Å²) in [6.07, 6.45) is 0.704. The van der Waals surface area contributed by atoms with E-state index in [4.69, 9.17) is 5.73 Å². The van der Waals surface area contributed by atoms with E-state index in [0.29, 0.717) is 28.7 Å². The summed E-state index contributed by atoms with van der Waals surface area (Å²) >= 11 is 4.93. The van der Waals surface area contributed by atoms with Gasteiger partial charge in [-0.05, 0) is 42.5 Å². The van der Waals surface area contributed by atoms with Crippen molar-refractivity contribution in [2.75, 3.05) is 19.3 Å². The van der Waals surface area contributed by atoms with E-state index in [9.17, 15) is 8.42 Å². The Hall–Kier alpha value is -0.890. The highest BCUT2D eigenvalue weighted by molar-refractivity contribution is 9.10. The quantitative estimate of drug-likeness (QED) is 0.799. The number of hydrogen-bond acceptors (Lipinski definition) is 4. The summed E-state index contributed by atoms with van der Waals surface area (Å²) in [5.74, 6) is 0. The summed E-state index contributed by atoms with van der Waals surface area (Å²) < 4.78 is 27.4. The number of nitrogen functional groups attached to an aromatic ring is 1. The molecule has 0 amide bonds. The molecule has 0 fully saturated rings. The van der Waals surface area contributed by atoms with Crippen LogP contribution in [0.2, 0.25) is 0 Å². The number of nitrogens with zero attached hydrogens (tertiary/aromatic N) is 1. The third kappa shape index (κ3) is 3.66. The minimum atomic E-state index is -3.54.